The molecule has 6 heteroatoms. The smallest absolute Gasteiger partial charge is 0.125 e. The van der Waals surface area contributed by atoms with E-state index in [9.17, 15) is 0 Å². The monoisotopic (exact) mass is 380 g/mol. The zero-order valence-electron chi connectivity index (χ0n) is 13.2. The van der Waals surface area contributed by atoms with Crippen molar-refractivity contribution in [1.82, 2.24) is 9.55 Å². The molecule has 3 aromatic rings. The van der Waals surface area contributed by atoms with Crippen LogP contribution in [0.2, 0.25) is 5.02 Å². The number of alkyl halides is 1. The first-order valence-electron chi connectivity index (χ1n) is 8.12. The average Bonchev–Trinajstić information content (AvgIpc) is 3.21. The van der Waals surface area contributed by atoms with Gasteiger partial charge in [-0.2, -0.15) is 0 Å². The highest BCUT2D eigenvalue weighted by Gasteiger charge is 2.19. The molecule has 1 aliphatic rings. The van der Waals surface area contributed by atoms with Gasteiger partial charge in [0.2, 0.25) is 0 Å². The lowest BCUT2D eigenvalue weighted by Gasteiger charge is -2.23. The number of ether oxygens (including phenoxy) is 1. The van der Waals surface area contributed by atoms with Gasteiger partial charge in [-0.1, -0.05) is 23.7 Å². The Balaban J connectivity index is 1.78. The Morgan fingerprint density at radius 1 is 1.29 bits per heavy atom. The number of benzene rings is 1. The van der Waals surface area contributed by atoms with Crippen LogP contribution in [0.4, 0.5) is 0 Å². The van der Waals surface area contributed by atoms with Crippen LogP contribution in [0, 0.1) is 5.92 Å². The third-order valence-electron chi connectivity index (χ3n) is 4.56. The van der Waals surface area contributed by atoms with Crippen LogP contribution in [0.5, 0.6) is 0 Å². The maximum absolute atomic E-state index is 6.53. The minimum absolute atomic E-state index is 0.442. The van der Waals surface area contributed by atoms with E-state index in [2.05, 4.69) is 21.8 Å². The van der Waals surface area contributed by atoms with Crippen LogP contribution >= 0.6 is 34.5 Å². The van der Waals surface area contributed by atoms with Gasteiger partial charge in [0.15, 0.2) is 0 Å². The number of hydrogen-bond donors (Lipinski definition) is 0. The zero-order valence-corrected chi connectivity index (χ0v) is 15.5. The first-order chi connectivity index (χ1) is 11.8. The highest BCUT2D eigenvalue weighted by Crippen LogP contribution is 2.37. The van der Waals surface area contributed by atoms with Crippen LogP contribution in [0.1, 0.15) is 18.5 Å². The molecular formula is C18H18Cl2N2OS. The summed E-state index contributed by atoms with van der Waals surface area (Å²) in [6.07, 6.45) is 4.41. The van der Waals surface area contributed by atoms with Crippen LogP contribution in [0.3, 0.4) is 0 Å². The second kappa shape index (κ2) is 7.04. The largest absolute Gasteiger partial charge is 0.381 e. The van der Waals surface area contributed by atoms with E-state index in [1.165, 1.54) is 0 Å². The third kappa shape index (κ3) is 3.08. The molecule has 2 aromatic heterocycles. The predicted octanol–water partition coefficient (Wildman–Crippen LogP) is 5.58. The Bertz CT molecular complexity index is 852. The van der Waals surface area contributed by atoms with Gasteiger partial charge in [-0.05, 0) is 24.8 Å². The van der Waals surface area contributed by atoms with Crippen molar-refractivity contribution in [3.05, 3.63) is 40.5 Å². The molecule has 0 saturated carbocycles. The van der Waals surface area contributed by atoms with E-state index < -0.39 is 0 Å². The second-order valence-corrected chi connectivity index (χ2v) is 7.70. The minimum Gasteiger partial charge on any atom is -0.381 e. The number of hydrogen-bond acceptors (Lipinski definition) is 3. The summed E-state index contributed by atoms with van der Waals surface area (Å²) in [6, 6.07) is 6.09. The maximum Gasteiger partial charge on any atom is 0.125 e. The van der Waals surface area contributed by atoms with Crippen molar-refractivity contribution >= 4 is 45.4 Å². The van der Waals surface area contributed by atoms with E-state index in [0.29, 0.717) is 11.8 Å². The van der Waals surface area contributed by atoms with E-state index in [0.717, 1.165) is 64.8 Å². The van der Waals surface area contributed by atoms with Crippen molar-refractivity contribution in [2.24, 2.45) is 5.92 Å². The highest BCUT2D eigenvalue weighted by atomic mass is 35.5. The molecule has 0 amide bonds. The summed E-state index contributed by atoms with van der Waals surface area (Å²) < 4.78 is 7.78. The molecule has 0 atom stereocenters. The summed E-state index contributed by atoms with van der Waals surface area (Å²) in [5.41, 5.74) is 3.16. The summed E-state index contributed by atoms with van der Waals surface area (Å²) in [5.74, 6) is 1.07. The topological polar surface area (TPSA) is 27.1 Å². The van der Waals surface area contributed by atoms with Crippen LogP contribution in [-0.2, 0) is 17.2 Å². The molecule has 24 heavy (non-hydrogen) atoms. The number of nitrogens with zero attached hydrogens (tertiary/aromatic N) is 2. The molecule has 0 N–H and O–H groups in total. The Kier molecular flexibility index (Phi) is 4.81. The molecular weight excluding hydrogens is 363 g/mol. The molecule has 3 nitrogen and oxygen atoms in total. The lowest BCUT2D eigenvalue weighted by Crippen LogP contribution is -2.20. The lowest BCUT2D eigenvalue weighted by molar-refractivity contribution is 0.0616. The first kappa shape index (κ1) is 16.4. The molecule has 1 saturated heterocycles. The molecule has 3 heterocycles. The first-order valence-corrected chi connectivity index (χ1v) is 9.91. The minimum atomic E-state index is 0.442. The standard InChI is InChI=1S/C18H18Cl2N2OS/c19-8-13-11-24-18(21-13)15-10-22(9-12-4-6-23-7-5-12)17-14(15)2-1-3-16(17)20/h1-3,10-12H,4-9H2. The van der Waals surface area contributed by atoms with Crippen LogP contribution in [-0.4, -0.2) is 22.8 Å². The molecule has 126 valence electrons. The maximum atomic E-state index is 6.53. The van der Waals surface area contributed by atoms with Crippen molar-refractivity contribution in [3.63, 3.8) is 0 Å². The molecule has 0 unspecified atom stereocenters. The fourth-order valence-electron chi connectivity index (χ4n) is 3.33. The van der Waals surface area contributed by atoms with E-state index in [4.69, 9.17) is 27.9 Å². The van der Waals surface area contributed by atoms with Crippen molar-refractivity contribution in [1.29, 1.82) is 0 Å². The quantitative estimate of drug-likeness (QED) is 0.552. The fourth-order valence-corrected chi connectivity index (χ4v) is 4.68. The Hall–Kier alpha value is -1.07. The predicted molar refractivity (Wildman–Crippen MR) is 101 cm³/mol. The second-order valence-electron chi connectivity index (χ2n) is 6.16. The van der Waals surface area contributed by atoms with Crippen molar-refractivity contribution in [2.45, 2.75) is 25.3 Å². The average molecular weight is 381 g/mol. The van der Waals surface area contributed by atoms with Gasteiger partial charge in [0.1, 0.15) is 5.01 Å². The molecule has 0 radical (unpaired) electrons. The van der Waals surface area contributed by atoms with Crippen LogP contribution in [0.25, 0.3) is 21.5 Å². The summed E-state index contributed by atoms with van der Waals surface area (Å²) in [4.78, 5) is 4.65. The van der Waals surface area contributed by atoms with Gasteiger partial charge >= 0.3 is 0 Å². The molecule has 1 aromatic carbocycles. The number of fused-ring (bicyclic) bond motifs is 1. The molecule has 0 spiro atoms. The summed E-state index contributed by atoms with van der Waals surface area (Å²) >= 11 is 14.1. The molecule has 1 fully saturated rings. The van der Waals surface area contributed by atoms with Crippen molar-refractivity contribution < 1.29 is 4.74 Å². The Morgan fingerprint density at radius 2 is 2.12 bits per heavy atom. The number of thiazole rings is 1. The Morgan fingerprint density at radius 3 is 2.88 bits per heavy atom. The lowest BCUT2D eigenvalue weighted by atomic mass is 10.0. The summed E-state index contributed by atoms with van der Waals surface area (Å²) in [5, 5.41) is 4.97. The normalized spacial score (nSPS) is 16.1. The van der Waals surface area contributed by atoms with Crippen LogP contribution in [0.15, 0.2) is 29.8 Å². The van der Waals surface area contributed by atoms with E-state index >= 15 is 0 Å². The van der Waals surface area contributed by atoms with Gasteiger partial charge in [0.25, 0.3) is 0 Å². The zero-order chi connectivity index (χ0) is 16.5. The van der Waals surface area contributed by atoms with Gasteiger partial charge in [0.05, 0.1) is 22.1 Å². The van der Waals surface area contributed by atoms with Gasteiger partial charge in [-0.3, -0.25) is 0 Å². The number of para-hydroxylation sites is 1. The summed E-state index contributed by atoms with van der Waals surface area (Å²) in [6.45, 7) is 2.68. The SMILES string of the molecule is ClCc1csc(-c2cn(CC3CCOCC3)c3c(Cl)cccc23)n1. The third-order valence-corrected chi connectivity index (χ3v) is 6.07. The molecule has 4 rings (SSSR count). The number of aromatic nitrogens is 2. The molecule has 0 bridgehead atoms. The van der Waals surface area contributed by atoms with Gasteiger partial charge in [-0.25, -0.2) is 4.98 Å². The van der Waals surface area contributed by atoms with E-state index in [-0.39, 0.29) is 0 Å². The van der Waals surface area contributed by atoms with E-state index in [1.807, 2.05) is 17.5 Å². The van der Waals surface area contributed by atoms with Gasteiger partial charge in [-0.15, -0.1) is 22.9 Å². The Labute approximate surface area is 155 Å². The van der Waals surface area contributed by atoms with Gasteiger partial charge < -0.3 is 9.30 Å². The van der Waals surface area contributed by atoms with E-state index in [1.54, 1.807) is 11.3 Å². The highest BCUT2D eigenvalue weighted by molar-refractivity contribution is 7.13. The van der Waals surface area contributed by atoms with Crippen molar-refractivity contribution in [3.8, 4) is 10.6 Å². The molecule has 0 aliphatic carbocycles. The molecule has 1 aliphatic heterocycles. The number of rotatable bonds is 4. The fraction of sp³-hybridized carbons (Fsp3) is 0.389. The van der Waals surface area contributed by atoms with Crippen molar-refractivity contribution in [2.75, 3.05) is 13.2 Å². The van der Waals surface area contributed by atoms with Crippen LogP contribution < -0.4 is 0 Å². The number of halogens is 2. The summed E-state index contributed by atoms with van der Waals surface area (Å²) in [7, 11) is 0. The van der Waals surface area contributed by atoms with Gasteiger partial charge in [0, 0.05) is 42.3 Å².